The van der Waals surface area contributed by atoms with Gasteiger partial charge in [0.2, 0.25) is 5.91 Å². The molecule has 2 aromatic carbocycles. The van der Waals surface area contributed by atoms with Crippen LogP contribution in [0.2, 0.25) is 0 Å². The van der Waals surface area contributed by atoms with E-state index >= 15 is 0 Å². The third-order valence-electron chi connectivity index (χ3n) is 5.08. The zero-order chi connectivity index (χ0) is 21.5. The average Bonchev–Trinajstić information content (AvgIpc) is 3.18. The van der Waals surface area contributed by atoms with Crippen LogP contribution in [0.1, 0.15) is 28.8 Å². The first-order valence-electron chi connectivity index (χ1n) is 9.79. The smallest absolute Gasteiger partial charge is 0.404 e. The van der Waals surface area contributed by atoms with E-state index < -0.39 is 18.0 Å². The number of carbonyl (C=O) groups excluding carboxylic acids is 2. The molecule has 0 radical (unpaired) electrons. The van der Waals surface area contributed by atoms with Crippen molar-refractivity contribution < 1.29 is 23.9 Å². The number of benzene rings is 2. The maximum atomic E-state index is 13.9. The molecule has 0 spiro atoms. The van der Waals surface area contributed by atoms with Crippen molar-refractivity contribution in [3.8, 4) is 0 Å². The van der Waals surface area contributed by atoms with Crippen LogP contribution in [-0.2, 0) is 11.2 Å². The van der Waals surface area contributed by atoms with Crippen LogP contribution in [0.4, 0.5) is 9.18 Å². The van der Waals surface area contributed by atoms with Gasteiger partial charge >= 0.3 is 6.09 Å². The van der Waals surface area contributed by atoms with Gasteiger partial charge in [-0.25, -0.2) is 9.18 Å². The third kappa shape index (κ3) is 5.79. The zero-order valence-corrected chi connectivity index (χ0v) is 16.4. The molecule has 1 saturated heterocycles. The van der Waals surface area contributed by atoms with Gasteiger partial charge in [0.25, 0.3) is 5.91 Å². The molecule has 1 heterocycles. The molecule has 1 aliphatic heterocycles. The summed E-state index contributed by atoms with van der Waals surface area (Å²) in [5, 5.41) is 14.3. The number of amides is 3. The van der Waals surface area contributed by atoms with Crippen LogP contribution in [0.5, 0.6) is 0 Å². The largest absolute Gasteiger partial charge is 0.465 e. The Bertz CT molecular complexity index is 906. The Morgan fingerprint density at radius 1 is 1.10 bits per heavy atom. The standard InChI is InChI=1S/C22H24FN3O4/c23-19-9-5-4-8-16(19)12-18(25-22(29)30)13-20(27)26-11-10-17(14-26)24-21(28)15-6-2-1-3-7-15/h1-9,17-18,25H,10-14H2,(H,24,28)(H,29,30)/t17-,18-/m1/s1. The molecule has 0 aliphatic carbocycles. The lowest BCUT2D eigenvalue weighted by atomic mass is 10.0. The molecule has 0 saturated carbocycles. The van der Waals surface area contributed by atoms with Gasteiger partial charge in [0.1, 0.15) is 5.82 Å². The molecule has 7 nitrogen and oxygen atoms in total. The molecule has 0 unspecified atom stereocenters. The summed E-state index contributed by atoms with van der Waals surface area (Å²) in [5.74, 6) is -0.867. The lowest BCUT2D eigenvalue weighted by molar-refractivity contribution is -0.130. The molecule has 30 heavy (non-hydrogen) atoms. The van der Waals surface area contributed by atoms with Crippen LogP contribution < -0.4 is 10.6 Å². The fourth-order valence-corrected chi connectivity index (χ4v) is 3.58. The topological polar surface area (TPSA) is 98.7 Å². The van der Waals surface area contributed by atoms with Crippen LogP contribution in [0.3, 0.4) is 0 Å². The van der Waals surface area contributed by atoms with E-state index in [4.69, 9.17) is 5.11 Å². The third-order valence-corrected chi connectivity index (χ3v) is 5.08. The summed E-state index contributed by atoms with van der Waals surface area (Å²) in [6.45, 7) is 0.828. The van der Waals surface area contributed by atoms with Crippen molar-refractivity contribution in [3.63, 3.8) is 0 Å². The van der Waals surface area contributed by atoms with Crippen molar-refractivity contribution in [2.45, 2.75) is 31.3 Å². The van der Waals surface area contributed by atoms with E-state index in [2.05, 4.69) is 10.6 Å². The monoisotopic (exact) mass is 413 g/mol. The van der Waals surface area contributed by atoms with Gasteiger partial charge in [0.15, 0.2) is 0 Å². The number of carboxylic acid groups (broad SMARTS) is 1. The van der Waals surface area contributed by atoms with Gasteiger partial charge in [-0.3, -0.25) is 9.59 Å². The van der Waals surface area contributed by atoms with E-state index in [1.807, 2.05) is 6.07 Å². The summed E-state index contributed by atoms with van der Waals surface area (Å²) in [5.41, 5.74) is 0.899. The maximum Gasteiger partial charge on any atom is 0.404 e. The van der Waals surface area contributed by atoms with Gasteiger partial charge in [0, 0.05) is 37.2 Å². The van der Waals surface area contributed by atoms with E-state index in [0.717, 1.165) is 0 Å². The normalized spacial score (nSPS) is 16.7. The number of nitrogens with one attached hydrogen (secondary N) is 2. The zero-order valence-electron chi connectivity index (χ0n) is 16.4. The molecule has 3 amide bonds. The summed E-state index contributed by atoms with van der Waals surface area (Å²) in [6, 6.07) is 14.0. The number of carbonyl (C=O) groups is 3. The fourth-order valence-electron chi connectivity index (χ4n) is 3.58. The van der Waals surface area contributed by atoms with Crippen molar-refractivity contribution in [2.24, 2.45) is 0 Å². The van der Waals surface area contributed by atoms with Crippen molar-refractivity contribution in [1.29, 1.82) is 0 Å². The number of nitrogens with zero attached hydrogens (tertiary/aromatic N) is 1. The number of likely N-dealkylation sites (tertiary alicyclic amines) is 1. The number of halogens is 1. The first kappa shape index (κ1) is 21.3. The highest BCUT2D eigenvalue weighted by molar-refractivity contribution is 5.94. The Balaban J connectivity index is 1.56. The molecule has 1 aliphatic rings. The molecular formula is C22H24FN3O4. The van der Waals surface area contributed by atoms with E-state index in [-0.39, 0.29) is 30.7 Å². The highest BCUT2D eigenvalue weighted by atomic mass is 19.1. The predicted molar refractivity (Wildman–Crippen MR) is 109 cm³/mol. The summed E-state index contributed by atoms with van der Waals surface area (Å²) in [4.78, 5) is 37.7. The van der Waals surface area contributed by atoms with E-state index in [9.17, 15) is 18.8 Å². The van der Waals surface area contributed by atoms with Crippen LogP contribution in [0.15, 0.2) is 54.6 Å². The van der Waals surface area contributed by atoms with Gasteiger partial charge in [-0.15, -0.1) is 0 Å². The maximum absolute atomic E-state index is 13.9. The molecular weight excluding hydrogens is 389 g/mol. The summed E-state index contributed by atoms with van der Waals surface area (Å²) < 4.78 is 13.9. The minimum atomic E-state index is -1.27. The quantitative estimate of drug-likeness (QED) is 0.649. The van der Waals surface area contributed by atoms with Crippen LogP contribution >= 0.6 is 0 Å². The van der Waals surface area contributed by atoms with Gasteiger partial charge in [0.05, 0.1) is 0 Å². The SMILES string of the molecule is O=C(O)N[C@@H](CC(=O)N1CC[C@@H](NC(=O)c2ccccc2)C1)Cc1ccccc1F. The predicted octanol–water partition coefficient (Wildman–Crippen LogP) is 2.43. The average molecular weight is 413 g/mol. The molecule has 8 heteroatoms. The lowest BCUT2D eigenvalue weighted by Gasteiger charge is -2.22. The molecule has 2 aromatic rings. The Morgan fingerprint density at radius 3 is 2.50 bits per heavy atom. The van der Waals surface area contributed by atoms with Gasteiger partial charge in [-0.05, 0) is 36.6 Å². The second kappa shape index (κ2) is 9.87. The van der Waals surface area contributed by atoms with Crippen LogP contribution in [0, 0.1) is 5.82 Å². The Labute approximate surface area is 173 Å². The minimum absolute atomic E-state index is 0.0761. The second-order valence-electron chi connectivity index (χ2n) is 7.31. The van der Waals surface area contributed by atoms with Crippen molar-refractivity contribution in [1.82, 2.24) is 15.5 Å². The van der Waals surface area contributed by atoms with Crippen LogP contribution in [-0.4, -0.2) is 53.1 Å². The van der Waals surface area contributed by atoms with Crippen molar-refractivity contribution in [3.05, 3.63) is 71.5 Å². The first-order chi connectivity index (χ1) is 14.4. The highest BCUT2D eigenvalue weighted by Crippen LogP contribution is 2.15. The number of hydrogen-bond acceptors (Lipinski definition) is 3. The molecule has 1 fully saturated rings. The summed E-state index contributed by atoms with van der Waals surface area (Å²) >= 11 is 0. The van der Waals surface area contributed by atoms with Gasteiger partial charge in [-0.1, -0.05) is 36.4 Å². The van der Waals surface area contributed by atoms with Crippen molar-refractivity contribution >= 4 is 17.9 Å². The number of hydrogen-bond donors (Lipinski definition) is 3. The minimum Gasteiger partial charge on any atom is -0.465 e. The van der Waals surface area contributed by atoms with Crippen molar-refractivity contribution in [2.75, 3.05) is 13.1 Å². The number of rotatable bonds is 7. The van der Waals surface area contributed by atoms with E-state index in [0.29, 0.717) is 30.6 Å². The molecule has 0 aromatic heterocycles. The summed E-state index contributed by atoms with van der Waals surface area (Å²) in [7, 11) is 0. The second-order valence-corrected chi connectivity index (χ2v) is 7.31. The molecule has 3 N–H and O–H groups in total. The van der Waals surface area contributed by atoms with Crippen LogP contribution in [0.25, 0.3) is 0 Å². The molecule has 0 bridgehead atoms. The molecule has 158 valence electrons. The lowest BCUT2D eigenvalue weighted by Crippen LogP contribution is -2.42. The first-order valence-corrected chi connectivity index (χ1v) is 9.79. The van der Waals surface area contributed by atoms with E-state index in [1.54, 1.807) is 47.4 Å². The van der Waals surface area contributed by atoms with Gasteiger partial charge in [-0.2, -0.15) is 0 Å². The highest BCUT2D eigenvalue weighted by Gasteiger charge is 2.29. The Morgan fingerprint density at radius 2 is 1.80 bits per heavy atom. The summed E-state index contributed by atoms with van der Waals surface area (Å²) in [6.07, 6.45) is -0.653. The molecule has 3 rings (SSSR count). The van der Waals surface area contributed by atoms with Gasteiger partial charge < -0.3 is 20.6 Å². The van der Waals surface area contributed by atoms with E-state index in [1.165, 1.54) is 6.07 Å². The molecule has 2 atom stereocenters. The Kier molecular flexibility index (Phi) is 7.00. The Hall–Kier alpha value is -3.42. The fraction of sp³-hybridized carbons (Fsp3) is 0.318.